The zero-order chi connectivity index (χ0) is 14.2. The number of carbonyl (C=O) groups is 1. The van der Waals surface area contributed by atoms with E-state index in [9.17, 15) is 13.2 Å². The minimum atomic E-state index is -4.06. The van der Waals surface area contributed by atoms with Gasteiger partial charge in [0.1, 0.15) is 11.0 Å². The maximum atomic E-state index is 11.8. The zero-order valence-electron chi connectivity index (χ0n) is 9.73. The van der Waals surface area contributed by atoms with E-state index in [0.29, 0.717) is 0 Å². The van der Waals surface area contributed by atoms with E-state index >= 15 is 0 Å². The lowest BCUT2D eigenvalue weighted by atomic mass is 9.96. The van der Waals surface area contributed by atoms with Gasteiger partial charge >= 0.3 is 5.97 Å². The molecule has 104 valence electrons. The van der Waals surface area contributed by atoms with Crippen molar-refractivity contribution in [2.45, 2.75) is 30.3 Å². The third-order valence-corrected chi connectivity index (χ3v) is 4.71. The number of esters is 1. The molecular formula is C11H11Cl2NO4S. The molecule has 1 aromatic rings. The molecule has 1 fully saturated rings. The summed E-state index contributed by atoms with van der Waals surface area (Å²) in [4.78, 5) is 11.4. The van der Waals surface area contributed by atoms with E-state index in [4.69, 9.17) is 33.1 Å². The molecule has 0 amide bonds. The molecule has 1 aliphatic carbocycles. The highest BCUT2D eigenvalue weighted by Crippen LogP contribution is 2.31. The number of nitrogens with two attached hydrogens (primary N) is 1. The van der Waals surface area contributed by atoms with Crippen LogP contribution in [0.1, 0.15) is 29.6 Å². The summed E-state index contributed by atoms with van der Waals surface area (Å²) in [6.07, 6.45) is 2.53. The van der Waals surface area contributed by atoms with Gasteiger partial charge in [0.05, 0.1) is 15.6 Å². The monoisotopic (exact) mass is 323 g/mol. The molecule has 0 spiro atoms. The Bertz CT molecular complexity index is 626. The fraction of sp³-hybridized carbons (Fsp3) is 0.364. The fourth-order valence-corrected chi connectivity index (χ4v) is 2.95. The molecule has 0 aliphatic heterocycles. The average molecular weight is 324 g/mol. The second-order valence-corrected chi connectivity index (χ2v) is 6.59. The third-order valence-electron chi connectivity index (χ3n) is 2.86. The van der Waals surface area contributed by atoms with Gasteiger partial charge in [0.15, 0.2) is 0 Å². The summed E-state index contributed by atoms with van der Waals surface area (Å²) in [5.74, 6) is -0.631. The quantitative estimate of drug-likeness (QED) is 0.865. The molecule has 2 N–H and O–H groups in total. The Kier molecular flexibility index (Phi) is 4.06. The Morgan fingerprint density at radius 3 is 2.42 bits per heavy atom. The molecule has 2 rings (SSSR count). The normalized spacial score (nSPS) is 15.9. The van der Waals surface area contributed by atoms with E-state index in [1.165, 1.54) is 6.07 Å². The minimum Gasteiger partial charge on any atom is -0.459 e. The molecule has 1 aliphatic rings. The number of rotatable bonds is 3. The van der Waals surface area contributed by atoms with Gasteiger partial charge in [-0.15, -0.1) is 0 Å². The van der Waals surface area contributed by atoms with Gasteiger partial charge in [-0.25, -0.2) is 18.4 Å². The van der Waals surface area contributed by atoms with Gasteiger partial charge in [-0.3, -0.25) is 0 Å². The Morgan fingerprint density at radius 2 is 1.95 bits per heavy atom. The Balaban J connectivity index is 2.36. The minimum absolute atomic E-state index is 0.0188. The maximum Gasteiger partial charge on any atom is 0.338 e. The molecule has 0 atom stereocenters. The Morgan fingerprint density at radius 1 is 1.32 bits per heavy atom. The van der Waals surface area contributed by atoms with Gasteiger partial charge in [-0.05, 0) is 31.4 Å². The lowest BCUT2D eigenvalue weighted by molar-refractivity contribution is 0.00898. The van der Waals surface area contributed by atoms with Crippen LogP contribution in [0, 0.1) is 0 Å². The predicted molar refractivity (Wildman–Crippen MR) is 70.9 cm³/mol. The highest BCUT2D eigenvalue weighted by atomic mass is 35.5. The van der Waals surface area contributed by atoms with Crippen molar-refractivity contribution in [1.82, 2.24) is 0 Å². The SMILES string of the molecule is NS(=O)(=O)c1cc(C(=O)OC2CCC2)cc(Cl)c1Cl. The van der Waals surface area contributed by atoms with Crippen molar-refractivity contribution in [3.8, 4) is 0 Å². The lowest BCUT2D eigenvalue weighted by Crippen LogP contribution is -2.25. The topological polar surface area (TPSA) is 86.5 Å². The summed E-state index contributed by atoms with van der Waals surface area (Å²) in [6, 6.07) is 2.34. The number of benzene rings is 1. The third kappa shape index (κ3) is 3.20. The number of hydrogen-bond donors (Lipinski definition) is 1. The van der Waals surface area contributed by atoms with E-state index in [1.807, 2.05) is 0 Å². The van der Waals surface area contributed by atoms with Crippen LogP contribution >= 0.6 is 23.2 Å². The largest absolute Gasteiger partial charge is 0.459 e. The Hall–Kier alpha value is -0.820. The first-order valence-electron chi connectivity index (χ1n) is 5.52. The van der Waals surface area contributed by atoms with E-state index in [1.54, 1.807) is 0 Å². The van der Waals surface area contributed by atoms with E-state index in [-0.39, 0.29) is 26.6 Å². The molecule has 8 heteroatoms. The summed E-state index contributed by atoms with van der Waals surface area (Å²) in [5.41, 5.74) is 0.0188. The molecule has 1 saturated carbocycles. The van der Waals surface area contributed by atoms with Crippen LogP contribution in [0.15, 0.2) is 17.0 Å². The number of carbonyl (C=O) groups excluding carboxylic acids is 1. The van der Waals surface area contributed by atoms with Crippen LogP contribution in [-0.2, 0) is 14.8 Å². The first-order chi connectivity index (χ1) is 8.79. The van der Waals surface area contributed by atoms with Gasteiger partial charge < -0.3 is 4.74 Å². The standard InChI is InChI=1S/C11H11Cl2NO4S/c12-8-4-6(11(15)18-7-2-1-3-7)5-9(10(8)13)19(14,16)17/h4-5,7H,1-3H2,(H2,14,16,17). The highest BCUT2D eigenvalue weighted by Gasteiger charge is 2.25. The molecule has 0 heterocycles. The maximum absolute atomic E-state index is 11.8. The molecule has 5 nitrogen and oxygen atoms in total. The van der Waals surface area contributed by atoms with Gasteiger partial charge in [0, 0.05) is 0 Å². The van der Waals surface area contributed by atoms with Gasteiger partial charge in [0.25, 0.3) is 0 Å². The van der Waals surface area contributed by atoms with Crippen molar-refractivity contribution < 1.29 is 17.9 Å². The van der Waals surface area contributed by atoms with Crippen molar-refractivity contribution in [2.75, 3.05) is 0 Å². The van der Waals surface area contributed by atoms with Crippen molar-refractivity contribution in [1.29, 1.82) is 0 Å². The summed E-state index contributed by atoms with van der Waals surface area (Å²) in [6.45, 7) is 0. The molecule has 0 saturated heterocycles. The molecule has 19 heavy (non-hydrogen) atoms. The lowest BCUT2D eigenvalue weighted by Gasteiger charge is -2.25. The predicted octanol–water partition coefficient (Wildman–Crippen LogP) is 2.35. The van der Waals surface area contributed by atoms with Crippen molar-refractivity contribution in [2.24, 2.45) is 5.14 Å². The number of sulfonamides is 1. The molecule has 0 unspecified atom stereocenters. The number of hydrogen-bond acceptors (Lipinski definition) is 4. The van der Waals surface area contributed by atoms with Crippen molar-refractivity contribution >= 4 is 39.2 Å². The number of primary sulfonamides is 1. The van der Waals surface area contributed by atoms with E-state index in [2.05, 4.69) is 0 Å². The smallest absolute Gasteiger partial charge is 0.338 e. The van der Waals surface area contributed by atoms with E-state index < -0.39 is 16.0 Å². The van der Waals surface area contributed by atoms with Gasteiger partial charge in [-0.1, -0.05) is 23.2 Å². The summed E-state index contributed by atoms with van der Waals surface area (Å²) in [7, 11) is -4.06. The van der Waals surface area contributed by atoms with Crippen LogP contribution in [0.2, 0.25) is 10.0 Å². The first kappa shape index (κ1) is 14.6. The van der Waals surface area contributed by atoms with Crippen LogP contribution in [0.25, 0.3) is 0 Å². The van der Waals surface area contributed by atoms with E-state index in [0.717, 1.165) is 25.3 Å². The zero-order valence-corrected chi connectivity index (χ0v) is 12.1. The molecular weight excluding hydrogens is 313 g/mol. The van der Waals surface area contributed by atoms with Crippen LogP contribution in [0.4, 0.5) is 0 Å². The van der Waals surface area contributed by atoms with Crippen molar-refractivity contribution in [3.63, 3.8) is 0 Å². The molecule has 1 aromatic carbocycles. The van der Waals surface area contributed by atoms with Crippen LogP contribution in [-0.4, -0.2) is 20.5 Å². The molecule has 0 aromatic heterocycles. The summed E-state index contributed by atoms with van der Waals surface area (Å²) >= 11 is 11.5. The second-order valence-electron chi connectivity index (χ2n) is 4.27. The van der Waals surface area contributed by atoms with Gasteiger partial charge in [-0.2, -0.15) is 0 Å². The first-order valence-corrected chi connectivity index (χ1v) is 7.82. The van der Waals surface area contributed by atoms with Crippen LogP contribution < -0.4 is 5.14 Å². The fourth-order valence-electron chi connectivity index (χ4n) is 1.60. The number of halogens is 2. The molecule has 0 radical (unpaired) electrons. The van der Waals surface area contributed by atoms with Gasteiger partial charge in [0.2, 0.25) is 10.0 Å². The summed E-state index contributed by atoms with van der Waals surface area (Å²) < 4.78 is 27.9. The average Bonchev–Trinajstić information content (AvgIpc) is 2.25. The molecule has 0 bridgehead atoms. The Labute approximate surface area is 120 Å². The highest BCUT2D eigenvalue weighted by molar-refractivity contribution is 7.89. The van der Waals surface area contributed by atoms with Crippen LogP contribution in [0.5, 0.6) is 0 Å². The van der Waals surface area contributed by atoms with Crippen LogP contribution in [0.3, 0.4) is 0 Å². The van der Waals surface area contributed by atoms with Crippen molar-refractivity contribution in [3.05, 3.63) is 27.7 Å². The summed E-state index contributed by atoms with van der Waals surface area (Å²) in [5, 5.41) is 4.75. The second kappa shape index (κ2) is 5.28. The number of ether oxygens (including phenoxy) is 1.